The quantitative estimate of drug-likeness (QED) is 0.460. The highest BCUT2D eigenvalue weighted by atomic mass is 32.2. The molecule has 17 heavy (non-hydrogen) atoms. The number of rotatable bonds is 5. The normalized spacial score (nSPS) is 10.5. The standard InChI is InChI=1S/C11H13NO4S/c1-15-9-5-4-8(6-7-12(13)14)10(16-2)11(9)17-3/h4-7H,1-3H3/b7-6+. The van der Waals surface area contributed by atoms with Gasteiger partial charge in [-0.25, -0.2) is 0 Å². The SMILES string of the molecule is COc1ccc(/C=C/[N+](=O)[O-])c(OC)c1SC. The second-order valence-corrected chi connectivity index (χ2v) is 3.84. The highest BCUT2D eigenvalue weighted by Crippen LogP contribution is 2.39. The average Bonchev–Trinajstić information content (AvgIpc) is 2.34. The van der Waals surface area contributed by atoms with Crippen molar-refractivity contribution >= 4 is 17.8 Å². The summed E-state index contributed by atoms with van der Waals surface area (Å²) in [5.74, 6) is 1.27. The van der Waals surface area contributed by atoms with Crippen molar-refractivity contribution in [3.8, 4) is 11.5 Å². The second kappa shape index (κ2) is 6.15. The van der Waals surface area contributed by atoms with Gasteiger partial charge in [-0.15, -0.1) is 11.8 Å². The van der Waals surface area contributed by atoms with E-state index in [2.05, 4.69) is 0 Å². The van der Waals surface area contributed by atoms with Crippen LogP contribution >= 0.6 is 11.8 Å². The molecule has 5 nitrogen and oxygen atoms in total. The number of benzene rings is 1. The average molecular weight is 255 g/mol. The molecule has 1 rings (SSSR count). The van der Waals surface area contributed by atoms with E-state index < -0.39 is 4.92 Å². The van der Waals surface area contributed by atoms with Crippen molar-refractivity contribution < 1.29 is 14.4 Å². The van der Waals surface area contributed by atoms with Gasteiger partial charge >= 0.3 is 0 Å². The van der Waals surface area contributed by atoms with E-state index in [0.717, 1.165) is 11.1 Å². The summed E-state index contributed by atoms with van der Waals surface area (Å²) >= 11 is 1.47. The molecule has 1 aromatic rings. The number of hydrogen-bond donors (Lipinski definition) is 0. The van der Waals surface area contributed by atoms with Gasteiger partial charge in [-0.3, -0.25) is 10.1 Å². The first kappa shape index (κ1) is 13.4. The molecule has 1 aromatic carbocycles. The van der Waals surface area contributed by atoms with Crippen LogP contribution in [0.3, 0.4) is 0 Å². The van der Waals surface area contributed by atoms with Crippen LogP contribution in [0.15, 0.2) is 23.2 Å². The third kappa shape index (κ3) is 3.13. The minimum absolute atomic E-state index is 0.511. The molecular weight excluding hydrogens is 242 g/mol. The van der Waals surface area contributed by atoms with Crippen molar-refractivity contribution in [1.29, 1.82) is 0 Å². The molecule has 0 radical (unpaired) electrons. The molecule has 0 aliphatic carbocycles. The van der Waals surface area contributed by atoms with Gasteiger partial charge in [0.2, 0.25) is 6.20 Å². The molecule has 0 saturated heterocycles. The maximum atomic E-state index is 10.3. The third-order valence-corrected chi connectivity index (χ3v) is 2.91. The largest absolute Gasteiger partial charge is 0.495 e. The van der Waals surface area contributed by atoms with Crippen molar-refractivity contribution in [2.24, 2.45) is 0 Å². The van der Waals surface area contributed by atoms with Crippen molar-refractivity contribution in [3.05, 3.63) is 34.0 Å². The third-order valence-electron chi connectivity index (χ3n) is 2.11. The highest BCUT2D eigenvalue weighted by Gasteiger charge is 2.13. The van der Waals surface area contributed by atoms with Crippen molar-refractivity contribution in [1.82, 2.24) is 0 Å². The molecule has 0 heterocycles. The molecule has 6 heteroatoms. The van der Waals surface area contributed by atoms with Gasteiger partial charge in [-0.05, 0) is 18.4 Å². The summed E-state index contributed by atoms with van der Waals surface area (Å²) in [6, 6.07) is 3.48. The molecule has 0 unspecified atom stereocenters. The van der Waals surface area contributed by atoms with E-state index in [9.17, 15) is 10.1 Å². The monoisotopic (exact) mass is 255 g/mol. The predicted molar refractivity (Wildman–Crippen MR) is 67.4 cm³/mol. The predicted octanol–water partition coefficient (Wildman–Crippen LogP) is 2.67. The Bertz CT molecular complexity index is 445. The minimum Gasteiger partial charge on any atom is -0.495 e. The molecular formula is C11H13NO4S. The zero-order valence-electron chi connectivity index (χ0n) is 9.80. The van der Waals surface area contributed by atoms with Crippen LogP contribution in [0.2, 0.25) is 0 Å². The molecule has 0 atom stereocenters. The summed E-state index contributed by atoms with van der Waals surface area (Å²) in [5, 5.41) is 10.3. The summed E-state index contributed by atoms with van der Waals surface area (Å²) in [4.78, 5) is 10.6. The van der Waals surface area contributed by atoms with E-state index in [4.69, 9.17) is 9.47 Å². The Balaban J connectivity index is 3.28. The first-order valence-electron chi connectivity index (χ1n) is 4.74. The maximum absolute atomic E-state index is 10.3. The Morgan fingerprint density at radius 1 is 1.35 bits per heavy atom. The van der Waals surface area contributed by atoms with Crippen LogP contribution in [0.5, 0.6) is 11.5 Å². The summed E-state index contributed by atoms with van der Waals surface area (Å²) in [7, 11) is 3.10. The van der Waals surface area contributed by atoms with Gasteiger partial charge in [0.1, 0.15) is 11.5 Å². The smallest absolute Gasteiger partial charge is 0.235 e. The van der Waals surface area contributed by atoms with Crippen LogP contribution in [0.1, 0.15) is 5.56 Å². The van der Waals surface area contributed by atoms with Crippen molar-refractivity contribution in [2.75, 3.05) is 20.5 Å². The first-order chi connectivity index (χ1) is 8.13. The van der Waals surface area contributed by atoms with Gasteiger partial charge in [0.05, 0.1) is 24.0 Å². The Labute approximate surface area is 104 Å². The second-order valence-electron chi connectivity index (χ2n) is 3.02. The lowest BCUT2D eigenvalue weighted by Gasteiger charge is -2.13. The van der Waals surface area contributed by atoms with Crippen molar-refractivity contribution in [2.45, 2.75) is 4.90 Å². The number of methoxy groups -OCH3 is 2. The van der Waals surface area contributed by atoms with E-state index in [0.29, 0.717) is 17.1 Å². The van der Waals surface area contributed by atoms with Gasteiger partial charge in [0.15, 0.2) is 0 Å². The lowest BCUT2D eigenvalue weighted by Crippen LogP contribution is -1.94. The van der Waals surface area contributed by atoms with E-state index in [1.165, 1.54) is 24.9 Å². The van der Waals surface area contributed by atoms with Crippen LogP contribution in [0.4, 0.5) is 0 Å². The molecule has 92 valence electrons. The van der Waals surface area contributed by atoms with Crippen LogP contribution in [-0.4, -0.2) is 25.4 Å². The Morgan fingerprint density at radius 2 is 2.06 bits per heavy atom. The lowest BCUT2D eigenvalue weighted by molar-refractivity contribution is -0.400. The van der Waals surface area contributed by atoms with Crippen LogP contribution < -0.4 is 9.47 Å². The van der Waals surface area contributed by atoms with E-state index in [-0.39, 0.29) is 0 Å². The van der Waals surface area contributed by atoms with E-state index in [1.807, 2.05) is 6.26 Å². The molecule has 0 spiro atoms. The highest BCUT2D eigenvalue weighted by molar-refractivity contribution is 7.98. The molecule has 0 saturated carbocycles. The molecule has 0 aliphatic rings. The molecule has 0 bridgehead atoms. The summed E-state index contributed by atoms with van der Waals surface area (Å²) in [6.45, 7) is 0. The van der Waals surface area contributed by atoms with Gasteiger partial charge in [0.25, 0.3) is 0 Å². The zero-order chi connectivity index (χ0) is 12.8. The summed E-state index contributed by atoms with van der Waals surface area (Å²) < 4.78 is 10.5. The molecule has 0 aliphatic heterocycles. The number of nitro groups is 1. The van der Waals surface area contributed by atoms with Gasteiger partial charge < -0.3 is 9.47 Å². The number of hydrogen-bond acceptors (Lipinski definition) is 5. The lowest BCUT2D eigenvalue weighted by atomic mass is 10.2. The van der Waals surface area contributed by atoms with Crippen LogP contribution in [0, 0.1) is 10.1 Å². The molecule has 0 N–H and O–H groups in total. The fourth-order valence-electron chi connectivity index (χ4n) is 1.40. The number of thioether (sulfide) groups is 1. The van der Waals surface area contributed by atoms with E-state index >= 15 is 0 Å². The topological polar surface area (TPSA) is 61.6 Å². The maximum Gasteiger partial charge on any atom is 0.235 e. The van der Waals surface area contributed by atoms with Gasteiger partial charge in [0, 0.05) is 11.6 Å². The Morgan fingerprint density at radius 3 is 2.53 bits per heavy atom. The minimum atomic E-state index is -0.511. The molecule has 0 aromatic heterocycles. The van der Waals surface area contributed by atoms with Gasteiger partial charge in [-0.1, -0.05) is 0 Å². The Kier molecular flexibility index (Phi) is 4.84. The van der Waals surface area contributed by atoms with Crippen LogP contribution in [0.25, 0.3) is 6.08 Å². The van der Waals surface area contributed by atoms with E-state index in [1.54, 1.807) is 19.2 Å². The molecule has 0 amide bonds. The summed E-state index contributed by atoms with van der Waals surface area (Å²) in [6.07, 6.45) is 4.17. The van der Waals surface area contributed by atoms with Crippen LogP contribution in [-0.2, 0) is 0 Å². The summed E-state index contributed by atoms with van der Waals surface area (Å²) in [5.41, 5.74) is 0.648. The molecule has 0 fully saturated rings. The van der Waals surface area contributed by atoms with Gasteiger partial charge in [-0.2, -0.15) is 0 Å². The first-order valence-corrected chi connectivity index (χ1v) is 5.97. The number of nitrogens with zero attached hydrogens (tertiary/aromatic N) is 1. The number of ether oxygens (including phenoxy) is 2. The Hall–Kier alpha value is -1.69. The zero-order valence-corrected chi connectivity index (χ0v) is 10.6. The fourth-order valence-corrected chi connectivity index (χ4v) is 2.14. The van der Waals surface area contributed by atoms with Crippen molar-refractivity contribution in [3.63, 3.8) is 0 Å². The fraction of sp³-hybridized carbons (Fsp3) is 0.273.